The van der Waals surface area contributed by atoms with E-state index < -0.39 is 11.9 Å². The summed E-state index contributed by atoms with van der Waals surface area (Å²) in [6.07, 6.45) is 0.288. The summed E-state index contributed by atoms with van der Waals surface area (Å²) in [5, 5.41) is 15.5. The first-order valence-electron chi connectivity index (χ1n) is 14.7. The van der Waals surface area contributed by atoms with Crippen molar-refractivity contribution < 1.29 is 23.9 Å². The Hall–Kier alpha value is -5.17. The van der Waals surface area contributed by atoms with E-state index >= 15 is 0 Å². The number of carboxylic acid groups (broad SMARTS) is 1. The molecular formula is C37H36N2O5. The maximum absolute atomic E-state index is 13.8. The Kier molecular flexibility index (Phi) is 8.95. The van der Waals surface area contributed by atoms with Gasteiger partial charge in [-0.2, -0.15) is 0 Å². The van der Waals surface area contributed by atoms with Crippen LogP contribution in [0.25, 0.3) is 22.3 Å². The maximum Gasteiger partial charge on any atom is 0.305 e. The largest absolute Gasteiger partial charge is 0.481 e. The molecule has 44 heavy (non-hydrogen) atoms. The van der Waals surface area contributed by atoms with Crippen molar-refractivity contribution in [3.8, 4) is 11.3 Å². The third-order valence-electron chi connectivity index (χ3n) is 7.64. The molecule has 1 aromatic heterocycles. The number of rotatable bonds is 10. The first kappa shape index (κ1) is 30.3. The molecule has 0 saturated heterocycles. The number of carbonyl (C=O) groups is 3. The minimum Gasteiger partial charge on any atom is -0.481 e. The van der Waals surface area contributed by atoms with Crippen molar-refractivity contribution in [3.63, 3.8) is 0 Å². The van der Waals surface area contributed by atoms with Crippen LogP contribution in [0.2, 0.25) is 0 Å². The van der Waals surface area contributed by atoms with Crippen LogP contribution >= 0.6 is 0 Å². The van der Waals surface area contributed by atoms with Crippen LogP contribution in [0, 0.1) is 0 Å². The van der Waals surface area contributed by atoms with Gasteiger partial charge >= 0.3 is 5.97 Å². The lowest BCUT2D eigenvalue weighted by Gasteiger charge is -2.22. The van der Waals surface area contributed by atoms with Gasteiger partial charge in [-0.3, -0.25) is 14.4 Å². The minimum atomic E-state index is -0.970. The Labute approximate surface area is 256 Å². The van der Waals surface area contributed by atoms with Gasteiger partial charge < -0.3 is 20.2 Å². The third-order valence-corrected chi connectivity index (χ3v) is 7.64. The van der Waals surface area contributed by atoms with E-state index in [1.165, 1.54) is 5.56 Å². The smallest absolute Gasteiger partial charge is 0.305 e. The Morgan fingerprint density at radius 3 is 2.16 bits per heavy atom. The van der Waals surface area contributed by atoms with E-state index in [0.29, 0.717) is 17.7 Å². The van der Waals surface area contributed by atoms with Gasteiger partial charge in [0.05, 0.1) is 12.3 Å². The molecule has 0 bridgehead atoms. The molecule has 224 valence electrons. The number of aliphatic carboxylic acids is 1. The molecule has 1 atom stereocenters. The predicted molar refractivity (Wildman–Crippen MR) is 173 cm³/mol. The van der Waals surface area contributed by atoms with Gasteiger partial charge in [0, 0.05) is 28.7 Å². The average Bonchev–Trinajstić information content (AvgIpc) is 3.44. The Morgan fingerprint density at radius 1 is 0.841 bits per heavy atom. The molecule has 0 spiro atoms. The monoisotopic (exact) mass is 588 g/mol. The summed E-state index contributed by atoms with van der Waals surface area (Å²) in [6, 6.07) is 32.7. The fraction of sp³-hybridized carbons (Fsp3) is 0.216. The van der Waals surface area contributed by atoms with E-state index in [0.717, 1.165) is 33.4 Å². The van der Waals surface area contributed by atoms with Crippen LogP contribution in [0.1, 0.15) is 60.2 Å². The zero-order valence-electron chi connectivity index (χ0n) is 25.1. The highest BCUT2D eigenvalue weighted by molar-refractivity contribution is 5.97. The Morgan fingerprint density at radius 2 is 1.52 bits per heavy atom. The fourth-order valence-electron chi connectivity index (χ4n) is 5.06. The highest BCUT2D eigenvalue weighted by Crippen LogP contribution is 2.30. The topological polar surface area (TPSA) is 109 Å². The fourth-order valence-corrected chi connectivity index (χ4v) is 5.06. The summed E-state index contributed by atoms with van der Waals surface area (Å²) in [6.45, 7) is 6.52. The van der Waals surface area contributed by atoms with Crippen molar-refractivity contribution >= 4 is 34.4 Å². The summed E-state index contributed by atoms with van der Waals surface area (Å²) in [5.41, 5.74) is 5.81. The summed E-state index contributed by atoms with van der Waals surface area (Å²) in [5.74, 6) is -1.16. The zero-order valence-corrected chi connectivity index (χ0v) is 25.1. The van der Waals surface area contributed by atoms with Crippen LogP contribution in [0.5, 0.6) is 0 Å². The number of carboxylic acids is 1. The molecule has 5 aromatic rings. The second-order valence-corrected chi connectivity index (χ2v) is 11.9. The Bertz CT molecular complexity index is 1730. The van der Waals surface area contributed by atoms with Crippen LogP contribution < -0.4 is 10.6 Å². The first-order valence-corrected chi connectivity index (χ1v) is 14.7. The third kappa shape index (κ3) is 7.42. The highest BCUT2D eigenvalue weighted by Gasteiger charge is 2.23. The molecule has 0 radical (unpaired) electrons. The van der Waals surface area contributed by atoms with Gasteiger partial charge in [-0.05, 0) is 77.1 Å². The van der Waals surface area contributed by atoms with Gasteiger partial charge in [-0.1, -0.05) is 75.4 Å². The number of hydrogen-bond acceptors (Lipinski definition) is 4. The number of amides is 2. The number of furan rings is 1. The molecule has 3 N–H and O–H groups in total. The van der Waals surface area contributed by atoms with Crippen molar-refractivity contribution in [3.05, 3.63) is 125 Å². The molecular weight excluding hydrogens is 552 g/mol. The van der Waals surface area contributed by atoms with E-state index in [2.05, 4.69) is 43.5 Å². The molecule has 0 aliphatic rings. The maximum atomic E-state index is 13.8. The summed E-state index contributed by atoms with van der Waals surface area (Å²) < 4.78 is 5.99. The van der Waals surface area contributed by atoms with Gasteiger partial charge in [0.2, 0.25) is 5.91 Å². The normalized spacial score (nSPS) is 12.1. The standard InChI is InChI=1S/C37H36N2O5/c1-37(2,3)29-16-12-25(13-17-29)31(22-24-8-10-27(11-9-24)35(42)38-21-20-34(40)41)36(43)39-30-18-14-26(15-19-30)33-23-28-6-4-5-7-32(28)44-33/h4-19,23,31H,20-22H2,1-3H3,(H,38,42)(H,39,43)(H,40,41). The zero-order chi connectivity index (χ0) is 31.3. The van der Waals surface area contributed by atoms with Crippen molar-refractivity contribution in [2.45, 2.75) is 44.9 Å². The van der Waals surface area contributed by atoms with Gasteiger partial charge in [0.25, 0.3) is 5.91 Å². The molecule has 7 nitrogen and oxygen atoms in total. The van der Waals surface area contributed by atoms with Gasteiger partial charge in [-0.25, -0.2) is 0 Å². The van der Waals surface area contributed by atoms with Crippen molar-refractivity contribution in [1.29, 1.82) is 0 Å². The Balaban J connectivity index is 1.33. The van der Waals surface area contributed by atoms with Crippen LogP contribution in [0.3, 0.4) is 0 Å². The average molecular weight is 589 g/mol. The van der Waals surface area contributed by atoms with Crippen LogP contribution in [0.4, 0.5) is 5.69 Å². The lowest BCUT2D eigenvalue weighted by molar-refractivity contribution is -0.136. The molecule has 1 heterocycles. The van der Waals surface area contributed by atoms with Gasteiger partial charge in [0.15, 0.2) is 0 Å². The second kappa shape index (κ2) is 13.0. The van der Waals surface area contributed by atoms with Crippen LogP contribution in [-0.4, -0.2) is 29.4 Å². The molecule has 1 unspecified atom stereocenters. The lowest BCUT2D eigenvalue weighted by atomic mass is 9.84. The molecule has 5 rings (SSSR count). The van der Waals surface area contributed by atoms with Crippen LogP contribution in [-0.2, 0) is 21.4 Å². The number of benzene rings is 4. The van der Waals surface area contributed by atoms with Crippen LogP contribution in [0.15, 0.2) is 108 Å². The van der Waals surface area contributed by atoms with Gasteiger partial charge in [0.1, 0.15) is 11.3 Å². The predicted octanol–water partition coefficient (Wildman–Crippen LogP) is 7.57. The quantitative estimate of drug-likeness (QED) is 0.156. The van der Waals surface area contributed by atoms with Crippen molar-refractivity contribution in [2.24, 2.45) is 0 Å². The van der Waals surface area contributed by atoms with Gasteiger partial charge in [-0.15, -0.1) is 0 Å². The van der Waals surface area contributed by atoms with Crippen molar-refractivity contribution in [2.75, 3.05) is 11.9 Å². The molecule has 0 aliphatic heterocycles. The molecule has 0 fully saturated rings. The van der Waals surface area contributed by atoms with Crippen molar-refractivity contribution in [1.82, 2.24) is 5.32 Å². The first-order chi connectivity index (χ1) is 21.1. The highest BCUT2D eigenvalue weighted by atomic mass is 16.4. The molecule has 4 aromatic carbocycles. The molecule has 7 heteroatoms. The number of carbonyl (C=O) groups excluding carboxylic acids is 2. The van der Waals surface area contributed by atoms with E-state index in [9.17, 15) is 14.4 Å². The SMILES string of the molecule is CC(C)(C)c1ccc(C(Cc2ccc(C(=O)NCCC(=O)O)cc2)C(=O)Nc2ccc(-c3cc4ccccc4o3)cc2)cc1. The molecule has 0 saturated carbocycles. The number of anilines is 1. The van der Waals surface area contributed by atoms with E-state index in [1.807, 2.05) is 78.9 Å². The molecule has 2 amide bonds. The molecule has 0 aliphatic carbocycles. The van der Waals surface area contributed by atoms with E-state index in [-0.39, 0.29) is 30.2 Å². The number of hydrogen-bond donors (Lipinski definition) is 3. The summed E-state index contributed by atoms with van der Waals surface area (Å²) in [7, 11) is 0. The summed E-state index contributed by atoms with van der Waals surface area (Å²) in [4.78, 5) is 36.9. The second-order valence-electron chi connectivity index (χ2n) is 11.9. The lowest BCUT2D eigenvalue weighted by Crippen LogP contribution is -2.26. The van der Waals surface area contributed by atoms with E-state index in [1.54, 1.807) is 12.1 Å². The summed E-state index contributed by atoms with van der Waals surface area (Å²) >= 11 is 0. The number of nitrogens with one attached hydrogen (secondary N) is 2. The number of fused-ring (bicyclic) bond motifs is 1. The van der Waals surface area contributed by atoms with E-state index in [4.69, 9.17) is 9.52 Å². The minimum absolute atomic E-state index is 0.0151. The number of para-hydroxylation sites is 1.